The molecule has 0 unspecified atom stereocenters. The molecule has 0 saturated heterocycles. The van der Waals surface area contributed by atoms with Gasteiger partial charge in [0.25, 0.3) is 0 Å². The predicted octanol–water partition coefficient (Wildman–Crippen LogP) is 2.97. The van der Waals surface area contributed by atoms with Crippen LogP contribution in [0.2, 0.25) is 0 Å². The Labute approximate surface area is 118 Å². The van der Waals surface area contributed by atoms with Crippen LogP contribution < -0.4 is 4.74 Å². The van der Waals surface area contributed by atoms with Gasteiger partial charge in [0.05, 0.1) is 11.7 Å². The van der Waals surface area contributed by atoms with Crippen LogP contribution in [-0.2, 0) is 0 Å². The lowest BCUT2D eigenvalue weighted by molar-refractivity contribution is 0.0694. The lowest BCUT2D eigenvalue weighted by atomic mass is 9.81. The van der Waals surface area contributed by atoms with Gasteiger partial charge in [-0.3, -0.25) is 0 Å². The van der Waals surface area contributed by atoms with Gasteiger partial charge in [0.1, 0.15) is 12.4 Å². The van der Waals surface area contributed by atoms with Crippen molar-refractivity contribution in [2.75, 3.05) is 6.61 Å². The first-order valence-electron chi connectivity index (χ1n) is 6.90. The summed E-state index contributed by atoms with van der Waals surface area (Å²) < 4.78 is 5.48. The fourth-order valence-electron chi connectivity index (χ4n) is 2.71. The average Bonchev–Trinajstić information content (AvgIpc) is 2.45. The molecule has 0 amide bonds. The molecule has 0 aromatic heterocycles. The Hall–Kier alpha value is -1.81. The zero-order valence-electron chi connectivity index (χ0n) is 11.4. The van der Waals surface area contributed by atoms with Crippen LogP contribution in [0.15, 0.2) is 30.9 Å². The largest absolute Gasteiger partial charge is 0.490 e. The van der Waals surface area contributed by atoms with Crippen LogP contribution >= 0.6 is 0 Å². The van der Waals surface area contributed by atoms with Crippen LogP contribution in [0.25, 0.3) is 0 Å². The summed E-state index contributed by atoms with van der Waals surface area (Å²) in [6.45, 7) is 3.99. The number of ether oxygens (including phenoxy) is 1. The van der Waals surface area contributed by atoms with Crippen molar-refractivity contribution >= 4 is 5.97 Å². The van der Waals surface area contributed by atoms with Crippen molar-refractivity contribution in [1.29, 1.82) is 0 Å². The normalized spacial score (nSPS) is 22.2. The van der Waals surface area contributed by atoms with Crippen LogP contribution in [0, 0.1) is 0 Å². The monoisotopic (exact) mass is 276 g/mol. The molecular formula is C16H20O4. The molecule has 4 nitrogen and oxygen atoms in total. The number of rotatable bonds is 5. The van der Waals surface area contributed by atoms with E-state index in [4.69, 9.17) is 4.74 Å². The molecule has 1 aliphatic carbocycles. The van der Waals surface area contributed by atoms with E-state index in [1.165, 1.54) is 0 Å². The molecule has 0 spiro atoms. The number of hydrogen-bond acceptors (Lipinski definition) is 3. The molecule has 1 aromatic carbocycles. The maximum absolute atomic E-state index is 11.3. The molecule has 1 aliphatic rings. The van der Waals surface area contributed by atoms with E-state index in [2.05, 4.69) is 6.58 Å². The zero-order valence-corrected chi connectivity index (χ0v) is 11.4. The summed E-state index contributed by atoms with van der Waals surface area (Å²) in [6, 6.07) is 5.09. The quantitative estimate of drug-likeness (QED) is 0.811. The summed E-state index contributed by atoms with van der Waals surface area (Å²) in [5, 5.41) is 18.9. The maximum atomic E-state index is 11.3. The van der Waals surface area contributed by atoms with E-state index < -0.39 is 5.97 Å². The molecule has 108 valence electrons. The Morgan fingerprint density at radius 2 is 2.05 bits per heavy atom. The first kappa shape index (κ1) is 14.6. The van der Waals surface area contributed by atoms with E-state index in [-0.39, 0.29) is 12.0 Å². The third kappa shape index (κ3) is 3.39. The van der Waals surface area contributed by atoms with E-state index in [1.807, 2.05) is 6.07 Å². The van der Waals surface area contributed by atoms with E-state index >= 15 is 0 Å². The Morgan fingerprint density at radius 3 is 2.65 bits per heavy atom. The number of aliphatic hydroxyl groups excluding tert-OH is 1. The van der Waals surface area contributed by atoms with Crippen molar-refractivity contribution in [3.63, 3.8) is 0 Å². The third-order valence-corrected chi connectivity index (χ3v) is 3.76. The number of benzene rings is 1. The first-order valence-corrected chi connectivity index (χ1v) is 6.90. The highest BCUT2D eigenvalue weighted by molar-refractivity contribution is 5.89. The molecule has 1 aromatic rings. The maximum Gasteiger partial charge on any atom is 0.335 e. The molecule has 0 heterocycles. The minimum absolute atomic E-state index is 0.178. The van der Waals surface area contributed by atoms with E-state index in [0.717, 1.165) is 31.2 Å². The van der Waals surface area contributed by atoms with Crippen molar-refractivity contribution in [1.82, 2.24) is 0 Å². The molecule has 0 bridgehead atoms. The van der Waals surface area contributed by atoms with Crippen LogP contribution in [0.1, 0.15) is 47.5 Å². The van der Waals surface area contributed by atoms with Gasteiger partial charge in [0.2, 0.25) is 0 Å². The highest BCUT2D eigenvalue weighted by Crippen LogP contribution is 2.36. The van der Waals surface area contributed by atoms with E-state index in [1.54, 1.807) is 18.2 Å². The average molecular weight is 276 g/mol. The van der Waals surface area contributed by atoms with Gasteiger partial charge in [-0.2, -0.15) is 0 Å². The highest BCUT2D eigenvalue weighted by Gasteiger charge is 2.25. The van der Waals surface area contributed by atoms with Crippen molar-refractivity contribution in [2.24, 2.45) is 0 Å². The fourth-order valence-corrected chi connectivity index (χ4v) is 2.71. The second kappa shape index (κ2) is 6.57. The van der Waals surface area contributed by atoms with Crippen molar-refractivity contribution in [3.05, 3.63) is 42.0 Å². The summed E-state index contributed by atoms with van der Waals surface area (Å²) in [5.41, 5.74) is 1.14. The molecular weight excluding hydrogens is 256 g/mol. The summed E-state index contributed by atoms with van der Waals surface area (Å²) in [7, 11) is 0. The van der Waals surface area contributed by atoms with Gasteiger partial charge in [-0.1, -0.05) is 12.7 Å². The lowest BCUT2D eigenvalue weighted by Gasteiger charge is -2.27. The Morgan fingerprint density at radius 1 is 1.35 bits per heavy atom. The van der Waals surface area contributed by atoms with Crippen molar-refractivity contribution < 1.29 is 19.7 Å². The van der Waals surface area contributed by atoms with Gasteiger partial charge in [0, 0.05) is 0 Å². The standard InChI is InChI=1S/C16H20O4/c1-2-9-20-13-7-8-14(16(18)19)15(10-13)11-3-5-12(17)6-4-11/h2,7-8,10-12,17H,1,3-6,9H2,(H,18,19)/t11-,12-. The molecule has 20 heavy (non-hydrogen) atoms. The van der Waals surface area contributed by atoms with E-state index in [9.17, 15) is 15.0 Å². The van der Waals surface area contributed by atoms with Gasteiger partial charge in [-0.05, 0) is 55.4 Å². The highest BCUT2D eigenvalue weighted by atomic mass is 16.5. The molecule has 2 N–H and O–H groups in total. The molecule has 1 saturated carbocycles. The molecule has 0 radical (unpaired) electrons. The molecule has 4 heteroatoms. The smallest absolute Gasteiger partial charge is 0.335 e. The minimum atomic E-state index is -0.915. The molecule has 0 atom stereocenters. The van der Waals surface area contributed by atoms with Crippen LogP contribution in [0.3, 0.4) is 0 Å². The zero-order chi connectivity index (χ0) is 14.5. The summed E-state index contributed by atoms with van der Waals surface area (Å²) in [6.07, 6.45) is 4.48. The van der Waals surface area contributed by atoms with Crippen molar-refractivity contribution in [3.8, 4) is 5.75 Å². The summed E-state index contributed by atoms with van der Waals surface area (Å²) in [5.74, 6) is -0.0748. The van der Waals surface area contributed by atoms with Gasteiger partial charge in [-0.25, -0.2) is 4.79 Å². The minimum Gasteiger partial charge on any atom is -0.490 e. The number of hydrogen-bond donors (Lipinski definition) is 2. The molecule has 0 aliphatic heterocycles. The number of aromatic carboxylic acids is 1. The van der Waals surface area contributed by atoms with Crippen molar-refractivity contribution in [2.45, 2.75) is 37.7 Å². The second-order valence-corrected chi connectivity index (χ2v) is 5.16. The third-order valence-electron chi connectivity index (χ3n) is 3.76. The number of carboxylic acid groups (broad SMARTS) is 1. The number of carboxylic acids is 1. The SMILES string of the molecule is C=CCOc1ccc(C(=O)O)c([C@H]2CC[C@H](O)CC2)c1. The second-order valence-electron chi connectivity index (χ2n) is 5.16. The van der Waals surface area contributed by atoms with Gasteiger partial charge in [-0.15, -0.1) is 0 Å². The summed E-state index contributed by atoms with van der Waals surface area (Å²) >= 11 is 0. The molecule has 2 rings (SSSR count). The number of carbonyl (C=O) groups is 1. The Bertz CT molecular complexity index is 487. The topological polar surface area (TPSA) is 66.8 Å². The van der Waals surface area contributed by atoms with Gasteiger partial charge >= 0.3 is 5.97 Å². The van der Waals surface area contributed by atoms with Crippen LogP contribution in [0.5, 0.6) is 5.75 Å². The Balaban J connectivity index is 2.26. The predicted molar refractivity (Wildman–Crippen MR) is 76.3 cm³/mol. The van der Waals surface area contributed by atoms with E-state index in [0.29, 0.717) is 17.9 Å². The van der Waals surface area contributed by atoms with Gasteiger partial charge < -0.3 is 14.9 Å². The van der Waals surface area contributed by atoms with Crippen LogP contribution in [-0.4, -0.2) is 28.9 Å². The first-order chi connectivity index (χ1) is 9.61. The summed E-state index contributed by atoms with van der Waals surface area (Å²) in [4.78, 5) is 11.3. The number of aliphatic hydroxyl groups is 1. The fraction of sp³-hybridized carbons (Fsp3) is 0.438. The molecule has 1 fully saturated rings. The van der Waals surface area contributed by atoms with Gasteiger partial charge in [0.15, 0.2) is 0 Å². The Kier molecular flexibility index (Phi) is 4.79. The van der Waals surface area contributed by atoms with Crippen LogP contribution in [0.4, 0.5) is 0 Å². The lowest BCUT2D eigenvalue weighted by Crippen LogP contribution is -2.18.